The molecule has 0 amide bonds. The molecule has 5 aromatic rings. The number of nitrogens with zero attached hydrogens (tertiary/aromatic N) is 2. The highest BCUT2D eigenvalue weighted by atomic mass is 15.3. The van der Waals surface area contributed by atoms with Gasteiger partial charge in [-0.1, -0.05) is 125 Å². The topological polar surface area (TPSA) is 6.48 Å². The van der Waals surface area contributed by atoms with Crippen LogP contribution >= 0.6 is 0 Å². The fraction of sp³-hybridized carbons (Fsp3) is 0.318. The van der Waals surface area contributed by atoms with Crippen LogP contribution in [-0.4, -0.2) is 17.8 Å². The van der Waals surface area contributed by atoms with Gasteiger partial charge in [0, 0.05) is 39.1 Å². The normalized spacial score (nSPS) is 24.9. The fourth-order valence-electron chi connectivity index (χ4n) is 10.9. The van der Waals surface area contributed by atoms with E-state index < -0.39 is 0 Å². The van der Waals surface area contributed by atoms with Crippen molar-refractivity contribution in [1.29, 1.82) is 0 Å². The average Bonchev–Trinajstić information content (AvgIpc) is 3.40. The van der Waals surface area contributed by atoms with E-state index in [4.69, 9.17) is 0 Å². The minimum atomic E-state index is -0.119. The smallest absolute Gasteiger partial charge is 0.252 e. The van der Waals surface area contributed by atoms with Crippen molar-refractivity contribution in [2.45, 2.75) is 89.1 Å². The monoisotopic (exact) mass is 610 g/mol. The molecule has 0 N–H and O–H groups in total. The molecule has 0 spiro atoms. The minimum Gasteiger partial charge on any atom is -0.336 e. The molecule has 4 aliphatic heterocycles. The first-order valence-corrected chi connectivity index (χ1v) is 17.8. The van der Waals surface area contributed by atoms with Crippen molar-refractivity contribution in [3.8, 4) is 22.3 Å². The summed E-state index contributed by atoms with van der Waals surface area (Å²) in [5.74, 6) is 0. The third-order valence-corrected chi connectivity index (χ3v) is 14.0. The van der Waals surface area contributed by atoms with E-state index in [0.29, 0.717) is 0 Å². The molecule has 2 unspecified atom stereocenters. The summed E-state index contributed by atoms with van der Waals surface area (Å²) in [6.45, 7) is 15.3. The van der Waals surface area contributed by atoms with Crippen molar-refractivity contribution in [3.05, 3.63) is 114 Å². The zero-order valence-corrected chi connectivity index (χ0v) is 28.6. The van der Waals surface area contributed by atoms with Crippen LogP contribution in [0.3, 0.4) is 0 Å². The standard InChI is InChI=1S/C44H43BN2/c1-41(2)36-30(28-16-9-7-10-17-28)22-24-32-39(36)46(42(41,3)4)34-20-15-21-35-38(34)45(32)33-25-23-31(29-18-11-8-12-19-29)37-40(33)47(35)44(6)27-14-13-26-43(37,44)5/h7-12,15-25H,13-14,26-27H2,1-6H3. The molecule has 2 nitrogen and oxygen atoms in total. The van der Waals surface area contributed by atoms with Gasteiger partial charge < -0.3 is 9.80 Å². The zero-order chi connectivity index (χ0) is 32.1. The van der Waals surface area contributed by atoms with Crippen LogP contribution in [0.5, 0.6) is 0 Å². The summed E-state index contributed by atoms with van der Waals surface area (Å²) in [4.78, 5) is 5.61. The maximum Gasteiger partial charge on any atom is 0.252 e. The van der Waals surface area contributed by atoms with E-state index in [0.717, 1.165) is 0 Å². The summed E-state index contributed by atoms with van der Waals surface area (Å²) < 4.78 is 0. The summed E-state index contributed by atoms with van der Waals surface area (Å²) >= 11 is 0. The van der Waals surface area contributed by atoms with Crippen molar-refractivity contribution in [2.75, 3.05) is 9.80 Å². The second kappa shape index (κ2) is 8.81. The first kappa shape index (κ1) is 27.8. The van der Waals surface area contributed by atoms with E-state index >= 15 is 0 Å². The highest BCUT2D eigenvalue weighted by Crippen LogP contribution is 2.64. The number of benzene rings is 5. The number of rotatable bonds is 2. The van der Waals surface area contributed by atoms with Crippen LogP contribution in [0, 0.1) is 0 Å². The summed E-state index contributed by atoms with van der Waals surface area (Å²) in [5, 5.41) is 0. The van der Waals surface area contributed by atoms with Crippen molar-refractivity contribution in [2.24, 2.45) is 0 Å². The van der Waals surface area contributed by atoms with Crippen molar-refractivity contribution < 1.29 is 0 Å². The lowest BCUT2D eigenvalue weighted by molar-refractivity contribution is 0.195. The van der Waals surface area contributed by atoms with E-state index in [9.17, 15) is 0 Å². The van der Waals surface area contributed by atoms with Gasteiger partial charge in [0.15, 0.2) is 0 Å². The van der Waals surface area contributed by atoms with Crippen LogP contribution in [0.25, 0.3) is 22.3 Å². The fourth-order valence-corrected chi connectivity index (χ4v) is 10.9. The molecule has 3 heteroatoms. The Hall–Kier alpha value is -4.24. The molecule has 0 aromatic heterocycles. The van der Waals surface area contributed by atoms with Gasteiger partial charge in [0.2, 0.25) is 0 Å². The van der Waals surface area contributed by atoms with Gasteiger partial charge in [-0.2, -0.15) is 0 Å². The zero-order valence-electron chi connectivity index (χ0n) is 28.6. The van der Waals surface area contributed by atoms with Gasteiger partial charge in [0.1, 0.15) is 0 Å². The Morgan fingerprint density at radius 3 is 1.68 bits per heavy atom. The second-order valence-corrected chi connectivity index (χ2v) is 16.4. The van der Waals surface area contributed by atoms with Crippen LogP contribution in [0.1, 0.15) is 78.4 Å². The molecule has 1 saturated carbocycles. The van der Waals surface area contributed by atoms with Crippen LogP contribution in [-0.2, 0) is 10.8 Å². The molecular formula is C44H43BN2. The Kier molecular flexibility index (Phi) is 5.22. The van der Waals surface area contributed by atoms with Crippen molar-refractivity contribution in [3.63, 3.8) is 0 Å². The van der Waals surface area contributed by atoms with Gasteiger partial charge in [-0.05, 0) is 95.5 Å². The van der Waals surface area contributed by atoms with Gasteiger partial charge in [0.05, 0.1) is 5.54 Å². The number of hydrogen-bond acceptors (Lipinski definition) is 2. The second-order valence-electron chi connectivity index (χ2n) is 16.4. The molecule has 0 saturated heterocycles. The molecule has 2 atom stereocenters. The van der Waals surface area contributed by atoms with Gasteiger partial charge in [-0.25, -0.2) is 0 Å². The Morgan fingerprint density at radius 2 is 1.06 bits per heavy atom. The maximum atomic E-state index is 2.86. The summed E-state index contributed by atoms with van der Waals surface area (Å²) in [6, 6.07) is 39.4. The first-order valence-electron chi connectivity index (χ1n) is 17.8. The lowest BCUT2D eigenvalue weighted by Gasteiger charge is -2.53. The summed E-state index contributed by atoms with van der Waals surface area (Å²) in [7, 11) is 0. The third-order valence-electron chi connectivity index (χ3n) is 14.0. The lowest BCUT2D eigenvalue weighted by atomic mass is 9.33. The number of hydrogen-bond donors (Lipinski definition) is 0. The molecule has 10 rings (SSSR count). The minimum absolute atomic E-state index is 0.00964. The average molecular weight is 611 g/mol. The SMILES string of the molecule is CC1(C)c2c(-c3ccccc3)ccc3c2N(c2cccc4c2B3c2ccc(-c3ccccc3)c3c2N4C2(C)CCCCC32C)C1(C)C. The van der Waals surface area contributed by atoms with E-state index in [1.165, 1.54) is 92.6 Å². The number of anilines is 4. The van der Waals surface area contributed by atoms with E-state index in [1.807, 2.05) is 0 Å². The molecule has 1 fully saturated rings. The van der Waals surface area contributed by atoms with E-state index in [-0.39, 0.29) is 28.6 Å². The van der Waals surface area contributed by atoms with Crippen molar-refractivity contribution in [1.82, 2.24) is 0 Å². The molecule has 0 bridgehead atoms. The van der Waals surface area contributed by atoms with Crippen LogP contribution < -0.4 is 26.2 Å². The molecule has 5 aromatic carbocycles. The summed E-state index contributed by atoms with van der Waals surface area (Å²) in [6.07, 6.45) is 5.01. The first-order chi connectivity index (χ1) is 22.6. The van der Waals surface area contributed by atoms with Gasteiger partial charge in [-0.3, -0.25) is 0 Å². The Labute approximate surface area is 280 Å². The van der Waals surface area contributed by atoms with Crippen molar-refractivity contribution >= 4 is 45.9 Å². The van der Waals surface area contributed by atoms with Crippen LogP contribution in [0.4, 0.5) is 22.7 Å². The van der Waals surface area contributed by atoms with Gasteiger partial charge in [0.25, 0.3) is 6.71 Å². The van der Waals surface area contributed by atoms with E-state index in [1.54, 1.807) is 5.56 Å². The predicted octanol–water partition coefficient (Wildman–Crippen LogP) is 9.11. The van der Waals surface area contributed by atoms with Gasteiger partial charge >= 0.3 is 0 Å². The molecule has 232 valence electrons. The van der Waals surface area contributed by atoms with Crippen LogP contribution in [0.15, 0.2) is 103 Å². The van der Waals surface area contributed by atoms with Crippen LogP contribution in [0.2, 0.25) is 0 Å². The molecule has 4 heterocycles. The lowest BCUT2D eigenvalue weighted by Crippen LogP contribution is -2.65. The predicted molar refractivity (Wildman–Crippen MR) is 200 cm³/mol. The summed E-state index contributed by atoms with van der Waals surface area (Å²) in [5.41, 5.74) is 18.6. The Balaban J connectivity index is 1.34. The maximum absolute atomic E-state index is 2.86. The highest BCUT2D eigenvalue weighted by molar-refractivity contribution is 7.00. The Morgan fingerprint density at radius 1 is 0.532 bits per heavy atom. The molecule has 47 heavy (non-hydrogen) atoms. The molecule has 0 radical (unpaired) electrons. The quantitative estimate of drug-likeness (QED) is 0.184. The highest BCUT2D eigenvalue weighted by Gasteiger charge is 2.63. The van der Waals surface area contributed by atoms with Gasteiger partial charge in [-0.15, -0.1) is 0 Å². The molecule has 5 aliphatic rings. The molecular weight excluding hydrogens is 567 g/mol. The largest absolute Gasteiger partial charge is 0.336 e. The Bertz CT molecular complexity index is 2150. The van der Waals surface area contributed by atoms with E-state index in [2.05, 4.69) is 154 Å². The molecule has 1 aliphatic carbocycles. The third kappa shape index (κ3) is 3.07. The number of fused-ring (bicyclic) bond motifs is 7.